The Morgan fingerprint density at radius 3 is 2.06 bits per heavy atom. The molecule has 0 unspecified atom stereocenters. The Labute approximate surface area is 197 Å². The number of morpholine rings is 1. The van der Waals surface area contributed by atoms with Crippen molar-refractivity contribution < 1.29 is 27.5 Å². The van der Waals surface area contributed by atoms with E-state index in [0.717, 1.165) is 16.7 Å². The predicted molar refractivity (Wildman–Crippen MR) is 124 cm³/mol. The van der Waals surface area contributed by atoms with Gasteiger partial charge in [-0.15, -0.1) is 0 Å². The van der Waals surface area contributed by atoms with Gasteiger partial charge in [-0.3, -0.25) is 9.59 Å². The summed E-state index contributed by atoms with van der Waals surface area (Å²) in [7, 11) is -3.64. The van der Waals surface area contributed by atoms with E-state index in [-0.39, 0.29) is 31.2 Å². The maximum atomic E-state index is 13.3. The summed E-state index contributed by atoms with van der Waals surface area (Å²) in [6.07, 6.45) is -0.265. The first-order valence-corrected chi connectivity index (χ1v) is 13.1. The number of hydrogen-bond donors (Lipinski definition) is 0. The summed E-state index contributed by atoms with van der Waals surface area (Å²) < 4.78 is 39.1. The van der Waals surface area contributed by atoms with Gasteiger partial charge in [0.1, 0.15) is 0 Å². The lowest BCUT2D eigenvalue weighted by Gasteiger charge is -2.36. The maximum Gasteiger partial charge on any atom is 0.309 e. The lowest BCUT2D eigenvalue weighted by atomic mass is 9.98. The number of hydrogen-bond acceptors (Lipinski definition) is 6. The summed E-state index contributed by atoms with van der Waals surface area (Å²) in [6.45, 7) is 12.4. The summed E-state index contributed by atoms with van der Waals surface area (Å²) in [5, 5.41) is 0. The van der Waals surface area contributed by atoms with Gasteiger partial charge in [0.25, 0.3) is 5.91 Å². The van der Waals surface area contributed by atoms with Crippen LogP contribution in [0.2, 0.25) is 0 Å². The fraction of sp³-hybridized carbons (Fsp3) is 0.667. The summed E-state index contributed by atoms with van der Waals surface area (Å²) in [4.78, 5) is 27.5. The number of ether oxygens (including phenoxy) is 2. The first-order chi connectivity index (χ1) is 15.4. The Kier molecular flexibility index (Phi) is 7.86. The van der Waals surface area contributed by atoms with Crippen molar-refractivity contribution in [3.8, 4) is 0 Å². The molecule has 2 saturated heterocycles. The van der Waals surface area contributed by atoms with Gasteiger partial charge < -0.3 is 14.4 Å². The van der Waals surface area contributed by atoms with Crippen molar-refractivity contribution in [2.24, 2.45) is 5.92 Å². The van der Waals surface area contributed by atoms with Crippen LogP contribution in [0.5, 0.6) is 0 Å². The van der Waals surface area contributed by atoms with E-state index < -0.39 is 28.0 Å². The van der Waals surface area contributed by atoms with Crippen LogP contribution in [-0.4, -0.2) is 74.0 Å². The topological polar surface area (TPSA) is 93.2 Å². The molecule has 2 aliphatic heterocycles. The van der Waals surface area contributed by atoms with Crippen LogP contribution in [-0.2, 0) is 29.1 Å². The number of piperidine rings is 1. The molecule has 0 N–H and O–H groups in total. The van der Waals surface area contributed by atoms with E-state index >= 15 is 0 Å². The fourth-order valence-electron chi connectivity index (χ4n) is 4.97. The van der Waals surface area contributed by atoms with E-state index in [0.29, 0.717) is 30.8 Å². The molecule has 184 valence electrons. The zero-order valence-corrected chi connectivity index (χ0v) is 21.3. The van der Waals surface area contributed by atoms with E-state index in [9.17, 15) is 18.0 Å². The Hall–Kier alpha value is -1.97. The number of benzene rings is 1. The molecule has 8 nitrogen and oxygen atoms in total. The second-order valence-corrected chi connectivity index (χ2v) is 11.4. The minimum Gasteiger partial charge on any atom is -0.452 e. The van der Waals surface area contributed by atoms with Gasteiger partial charge in [0, 0.05) is 26.2 Å². The summed E-state index contributed by atoms with van der Waals surface area (Å²) >= 11 is 0. The minimum atomic E-state index is -3.64. The second-order valence-electron chi connectivity index (χ2n) is 9.49. The first kappa shape index (κ1) is 25.6. The number of carbonyl (C=O) groups is 2. The monoisotopic (exact) mass is 480 g/mol. The summed E-state index contributed by atoms with van der Waals surface area (Å²) in [5.74, 6) is -1.09. The standard InChI is InChI=1S/C24H36N2O6S/c1-15-11-16(2)22(17(3)12-15)33(29,30)26-9-7-21(8-10-26)24(28)32-20(6)23(27)25-13-18(4)31-19(5)14-25/h11-12,18-21H,7-10,13-14H2,1-6H3/t18-,19-,20+/m0/s1. The molecule has 3 rings (SSSR count). The lowest BCUT2D eigenvalue weighted by molar-refractivity contribution is -0.167. The predicted octanol–water partition coefficient (Wildman–Crippen LogP) is 2.58. The van der Waals surface area contributed by atoms with Crippen LogP contribution in [0.15, 0.2) is 17.0 Å². The van der Waals surface area contributed by atoms with Crippen molar-refractivity contribution >= 4 is 21.9 Å². The van der Waals surface area contributed by atoms with Gasteiger partial charge in [-0.25, -0.2) is 8.42 Å². The molecule has 0 aromatic heterocycles. The largest absolute Gasteiger partial charge is 0.452 e. The van der Waals surface area contributed by atoms with Gasteiger partial charge in [0.2, 0.25) is 10.0 Å². The highest BCUT2D eigenvalue weighted by molar-refractivity contribution is 7.89. The lowest BCUT2D eigenvalue weighted by Crippen LogP contribution is -2.51. The van der Waals surface area contributed by atoms with Gasteiger partial charge in [-0.1, -0.05) is 17.7 Å². The molecule has 1 aromatic carbocycles. The number of rotatable bonds is 5. The van der Waals surface area contributed by atoms with E-state index in [1.54, 1.807) is 11.8 Å². The van der Waals surface area contributed by atoms with E-state index in [1.165, 1.54) is 4.31 Å². The molecule has 2 heterocycles. The Balaban J connectivity index is 1.58. The Morgan fingerprint density at radius 1 is 1.03 bits per heavy atom. The maximum absolute atomic E-state index is 13.3. The molecule has 9 heteroatoms. The number of amides is 1. The highest BCUT2D eigenvalue weighted by Crippen LogP contribution is 2.29. The number of nitrogens with zero attached hydrogens (tertiary/aromatic N) is 2. The molecule has 33 heavy (non-hydrogen) atoms. The minimum absolute atomic E-state index is 0.0623. The quantitative estimate of drug-likeness (QED) is 0.602. The summed E-state index contributed by atoms with van der Waals surface area (Å²) in [5.41, 5.74) is 2.48. The highest BCUT2D eigenvalue weighted by Gasteiger charge is 2.36. The number of carbonyl (C=O) groups excluding carboxylic acids is 2. The van der Waals surface area contributed by atoms with Crippen molar-refractivity contribution in [2.45, 2.75) is 77.6 Å². The first-order valence-electron chi connectivity index (χ1n) is 11.6. The SMILES string of the molecule is Cc1cc(C)c(S(=O)(=O)N2CCC(C(=O)O[C@H](C)C(=O)N3C[C@H](C)O[C@@H](C)C3)CC2)c(C)c1. The van der Waals surface area contributed by atoms with E-state index in [2.05, 4.69) is 0 Å². The molecule has 2 aliphatic rings. The van der Waals surface area contributed by atoms with Gasteiger partial charge in [-0.2, -0.15) is 4.31 Å². The van der Waals surface area contributed by atoms with Crippen molar-refractivity contribution in [1.29, 1.82) is 0 Å². The van der Waals surface area contributed by atoms with Gasteiger partial charge in [0.05, 0.1) is 23.0 Å². The zero-order chi connectivity index (χ0) is 24.5. The average Bonchev–Trinajstić information content (AvgIpc) is 2.71. The zero-order valence-electron chi connectivity index (χ0n) is 20.5. The third-order valence-corrected chi connectivity index (χ3v) is 8.57. The van der Waals surface area contributed by atoms with Crippen molar-refractivity contribution in [3.05, 3.63) is 28.8 Å². The third kappa shape index (κ3) is 5.75. The molecule has 0 saturated carbocycles. The molecule has 1 aromatic rings. The molecule has 0 aliphatic carbocycles. The van der Waals surface area contributed by atoms with Crippen LogP contribution in [0.1, 0.15) is 50.3 Å². The molecule has 0 spiro atoms. The van der Waals surface area contributed by atoms with Crippen LogP contribution in [0.25, 0.3) is 0 Å². The van der Waals surface area contributed by atoms with E-state index in [1.807, 2.05) is 46.8 Å². The molecule has 1 amide bonds. The summed E-state index contributed by atoms with van der Waals surface area (Å²) in [6, 6.07) is 3.75. The molecule has 2 fully saturated rings. The molecule has 0 radical (unpaired) electrons. The number of sulfonamides is 1. The normalized spacial score (nSPS) is 23.9. The van der Waals surface area contributed by atoms with Crippen LogP contribution >= 0.6 is 0 Å². The fourth-order valence-corrected chi connectivity index (χ4v) is 6.85. The average molecular weight is 481 g/mol. The smallest absolute Gasteiger partial charge is 0.309 e. The molecule has 0 bridgehead atoms. The highest BCUT2D eigenvalue weighted by atomic mass is 32.2. The van der Waals surface area contributed by atoms with Crippen molar-refractivity contribution in [1.82, 2.24) is 9.21 Å². The Bertz CT molecular complexity index is 967. The van der Waals surface area contributed by atoms with Crippen molar-refractivity contribution in [3.63, 3.8) is 0 Å². The Morgan fingerprint density at radius 2 is 1.55 bits per heavy atom. The van der Waals surface area contributed by atoms with Crippen LogP contribution in [0.4, 0.5) is 0 Å². The third-order valence-electron chi connectivity index (χ3n) is 6.36. The van der Waals surface area contributed by atoms with Crippen LogP contribution < -0.4 is 0 Å². The van der Waals surface area contributed by atoms with Gasteiger partial charge >= 0.3 is 5.97 Å². The molecular weight excluding hydrogens is 444 g/mol. The van der Waals surface area contributed by atoms with Crippen molar-refractivity contribution in [2.75, 3.05) is 26.2 Å². The number of aryl methyl sites for hydroxylation is 3. The van der Waals surface area contributed by atoms with Gasteiger partial charge in [-0.05, 0) is 65.5 Å². The van der Waals surface area contributed by atoms with Crippen LogP contribution in [0, 0.1) is 26.7 Å². The van der Waals surface area contributed by atoms with Crippen LogP contribution in [0.3, 0.4) is 0 Å². The molecule has 3 atom stereocenters. The van der Waals surface area contributed by atoms with Gasteiger partial charge in [0.15, 0.2) is 6.10 Å². The number of esters is 1. The van der Waals surface area contributed by atoms with E-state index in [4.69, 9.17) is 9.47 Å². The second kappa shape index (κ2) is 10.1. The molecular formula is C24H36N2O6S.